The quantitative estimate of drug-likeness (QED) is 0.502. The summed E-state index contributed by atoms with van der Waals surface area (Å²) in [6, 6.07) is 9.06. The van der Waals surface area contributed by atoms with Gasteiger partial charge in [0.1, 0.15) is 0 Å². The Hall–Kier alpha value is -1.15. The Labute approximate surface area is 159 Å². The van der Waals surface area contributed by atoms with Gasteiger partial charge in [0.15, 0.2) is 0 Å². The highest BCUT2D eigenvalue weighted by Crippen LogP contribution is 2.39. The van der Waals surface area contributed by atoms with Gasteiger partial charge in [-0.3, -0.25) is 0 Å². The van der Waals surface area contributed by atoms with Crippen LogP contribution in [-0.2, 0) is 11.3 Å². The second-order valence-corrected chi connectivity index (χ2v) is 8.57. The van der Waals surface area contributed by atoms with Crippen molar-refractivity contribution >= 4 is 0 Å². The van der Waals surface area contributed by atoms with Crippen molar-refractivity contribution in [1.82, 2.24) is 0 Å². The maximum atomic E-state index is 12.3. The lowest BCUT2D eigenvalue weighted by Gasteiger charge is -2.31. The van der Waals surface area contributed by atoms with Crippen molar-refractivity contribution in [2.45, 2.75) is 76.7 Å². The lowest BCUT2D eigenvalue weighted by atomic mass is 9.74. The molecule has 0 spiro atoms. The maximum Gasteiger partial charge on any atom is 0.0829 e. The van der Waals surface area contributed by atoms with Crippen LogP contribution in [0.4, 0.5) is 4.39 Å². The molecule has 0 heterocycles. The van der Waals surface area contributed by atoms with E-state index in [-0.39, 0.29) is 0 Å². The molecule has 26 heavy (non-hydrogen) atoms. The zero-order chi connectivity index (χ0) is 18.2. The SMILES string of the molecule is COCc1ccc([C@H]2CC[C@H](CC[C@H]3CC[C@H](C=CF)CC3)CC2)cc1. The number of methoxy groups -OCH3 is 1. The third-order valence-corrected chi connectivity index (χ3v) is 6.83. The van der Waals surface area contributed by atoms with Gasteiger partial charge in [-0.15, -0.1) is 0 Å². The Morgan fingerprint density at radius 3 is 2.00 bits per heavy atom. The van der Waals surface area contributed by atoms with Crippen LogP contribution in [0.5, 0.6) is 0 Å². The average Bonchev–Trinajstić information content (AvgIpc) is 2.69. The second-order valence-electron chi connectivity index (χ2n) is 8.57. The van der Waals surface area contributed by atoms with E-state index in [1.807, 2.05) is 0 Å². The molecule has 0 saturated heterocycles. The lowest BCUT2D eigenvalue weighted by molar-refractivity contribution is 0.185. The van der Waals surface area contributed by atoms with Crippen LogP contribution < -0.4 is 0 Å². The summed E-state index contributed by atoms with van der Waals surface area (Å²) in [5.41, 5.74) is 2.78. The van der Waals surface area contributed by atoms with Crippen molar-refractivity contribution in [3.05, 3.63) is 47.8 Å². The summed E-state index contributed by atoms with van der Waals surface area (Å²) >= 11 is 0. The van der Waals surface area contributed by atoms with Gasteiger partial charge in [0.25, 0.3) is 0 Å². The van der Waals surface area contributed by atoms with E-state index in [2.05, 4.69) is 24.3 Å². The van der Waals surface area contributed by atoms with E-state index >= 15 is 0 Å². The Bertz CT molecular complexity index is 534. The van der Waals surface area contributed by atoms with E-state index < -0.39 is 0 Å². The summed E-state index contributed by atoms with van der Waals surface area (Å²) in [6.45, 7) is 0.707. The van der Waals surface area contributed by atoms with Gasteiger partial charge in [0, 0.05) is 7.11 Å². The van der Waals surface area contributed by atoms with Crippen LogP contribution in [0.2, 0.25) is 0 Å². The molecule has 2 fully saturated rings. The van der Waals surface area contributed by atoms with Crippen LogP contribution in [-0.4, -0.2) is 7.11 Å². The molecule has 0 amide bonds. The fraction of sp³-hybridized carbons (Fsp3) is 0.667. The highest BCUT2D eigenvalue weighted by atomic mass is 19.1. The van der Waals surface area contributed by atoms with Gasteiger partial charge in [-0.2, -0.15) is 0 Å². The molecule has 0 unspecified atom stereocenters. The first-order valence-corrected chi connectivity index (χ1v) is 10.6. The van der Waals surface area contributed by atoms with E-state index in [1.54, 1.807) is 13.2 Å². The van der Waals surface area contributed by atoms with Gasteiger partial charge in [0.2, 0.25) is 0 Å². The third kappa shape index (κ3) is 5.67. The van der Waals surface area contributed by atoms with Crippen molar-refractivity contribution in [3.63, 3.8) is 0 Å². The summed E-state index contributed by atoms with van der Waals surface area (Å²) in [6.07, 6.45) is 15.8. The minimum atomic E-state index is 0.502. The number of rotatable bonds is 7. The lowest BCUT2D eigenvalue weighted by Crippen LogP contribution is -2.17. The highest BCUT2D eigenvalue weighted by molar-refractivity contribution is 5.25. The molecule has 0 atom stereocenters. The number of halogens is 1. The number of hydrogen-bond donors (Lipinski definition) is 0. The average molecular weight is 359 g/mol. The zero-order valence-electron chi connectivity index (χ0n) is 16.3. The minimum Gasteiger partial charge on any atom is -0.380 e. The standard InChI is InChI=1S/C24H35FO/c1-26-18-22-10-14-24(15-11-22)23-12-8-20(9-13-23)3-2-19-4-6-21(7-5-19)16-17-25/h10-11,14-17,19-21,23H,2-9,12-13,18H2,1H3/t19-,20-,21-,23-. The topological polar surface area (TPSA) is 9.23 Å². The monoisotopic (exact) mass is 358 g/mol. The molecule has 0 radical (unpaired) electrons. The van der Waals surface area contributed by atoms with Gasteiger partial charge >= 0.3 is 0 Å². The number of benzene rings is 1. The van der Waals surface area contributed by atoms with Crippen molar-refractivity contribution in [3.8, 4) is 0 Å². The third-order valence-electron chi connectivity index (χ3n) is 6.83. The van der Waals surface area contributed by atoms with Gasteiger partial charge in [0.05, 0.1) is 12.9 Å². The molecule has 0 aromatic heterocycles. The number of ether oxygens (including phenoxy) is 1. The zero-order valence-corrected chi connectivity index (χ0v) is 16.3. The van der Waals surface area contributed by atoms with Gasteiger partial charge in [-0.05, 0) is 86.2 Å². The largest absolute Gasteiger partial charge is 0.380 e. The molecule has 1 aromatic rings. The van der Waals surface area contributed by atoms with Crippen LogP contribution in [0.1, 0.15) is 81.3 Å². The molecule has 1 aromatic carbocycles. The highest BCUT2D eigenvalue weighted by Gasteiger charge is 2.24. The van der Waals surface area contributed by atoms with Crippen molar-refractivity contribution in [2.75, 3.05) is 7.11 Å². The summed E-state index contributed by atoms with van der Waals surface area (Å²) in [5, 5.41) is 0. The molecule has 2 aliphatic rings. The molecular weight excluding hydrogens is 323 g/mol. The normalized spacial score (nSPS) is 29.9. The number of allylic oxidation sites excluding steroid dienone is 1. The van der Waals surface area contributed by atoms with E-state index in [0.29, 0.717) is 12.5 Å². The maximum absolute atomic E-state index is 12.3. The van der Waals surface area contributed by atoms with Gasteiger partial charge < -0.3 is 4.74 Å². The van der Waals surface area contributed by atoms with Crippen LogP contribution in [0.25, 0.3) is 0 Å². The molecule has 3 rings (SSSR count). The van der Waals surface area contributed by atoms with Crippen molar-refractivity contribution < 1.29 is 9.13 Å². The van der Waals surface area contributed by atoms with Gasteiger partial charge in [-0.25, -0.2) is 4.39 Å². The smallest absolute Gasteiger partial charge is 0.0829 e. The molecule has 1 nitrogen and oxygen atoms in total. The van der Waals surface area contributed by atoms with Crippen molar-refractivity contribution in [2.24, 2.45) is 17.8 Å². The molecule has 2 saturated carbocycles. The van der Waals surface area contributed by atoms with Crippen LogP contribution in [0.15, 0.2) is 36.7 Å². The first-order valence-electron chi connectivity index (χ1n) is 10.6. The van der Waals surface area contributed by atoms with E-state index in [1.165, 1.54) is 75.3 Å². The Balaban J connectivity index is 1.36. The number of hydrogen-bond acceptors (Lipinski definition) is 1. The fourth-order valence-corrected chi connectivity index (χ4v) is 5.08. The molecule has 2 aliphatic carbocycles. The minimum absolute atomic E-state index is 0.502. The van der Waals surface area contributed by atoms with Crippen LogP contribution >= 0.6 is 0 Å². The Morgan fingerprint density at radius 1 is 0.885 bits per heavy atom. The van der Waals surface area contributed by atoms with Crippen LogP contribution in [0, 0.1) is 17.8 Å². The predicted octanol–water partition coefficient (Wildman–Crippen LogP) is 7.18. The summed E-state index contributed by atoms with van der Waals surface area (Å²) in [4.78, 5) is 0. The molecule has 0 aliphatic heterocycles. The van der Waals surface area contributed by atoms with Gasteiger partial charge in [-0.1, -0.05) is 43.2 Å². The Morgan fingerprint density at radius 2 is 1.46 bits per heavy atom. The Kier molecular flexibility index (Phi) is 7.73. The molecule has 0 N–H and O–H groups in total. The molecule has 144 valence electrons. The first kappa shape index (κ1) is 19.6. The summed E-state index contributed by atoms with van der Waals surface area (Å²) < 4.78 is 17.5. The first-order chi connectivity index (χ1) is 12.8. The second kappa shape index (κ2) is 10.3. The molecular formula is C24H35FO. The van der Waals surface area contributed by atoms with E-state index in [0.717, 1.165) is 24.1 Å². The molecule has 2 heteroatoms. The predicted molar refractivity (Wildman–Crippen MR) is 107 cm³/mol. The summed E-state index contributed by atoms with van der Waals surface area (Å²) in [5.74, 6) is 3.08. The fourth-order valence-electron chi connectivity index (χ4n) is 5.08. The molecule has 0 bridgehead atoms. The van der Waals surface area contributed by atoms with E-state index in [4.69, 9.17) is 4.74 Å². The van der Waals surface area contributed by atoms with Crippen molar-refractivity contribution in [1.29, 1.82) is 0 Å². The van der Waals surface area contributed by atoms with E-state index in [9.17, 15) is 4.39 Å². The summed E-state index contributed by atoms with van der Waals surface area (Å²) in [7, 11) is 1.75. The van der Waals surface area contributed by atoms with Crippen LogP contribution in [0.3, 0.4) is 0 Å².